The Balaban J connectivity index is 2.13. The van der Waals surface area contributed by atoms with Crippen LogP contribution in [0, 0.1) is 0 Å². The lowest BCUT2D eigenvalue weighted by Crippen LogP contribution is -2.30. The van der Waals surface area contributed by atoms with Gasteiger partial charge >= 0.3 is 0 Å². The molecule has 0 saturated heterocycles. The monoisotopic (exact) mass is 322 g/mol. The van der Waals surface area contributed by atoms with Crippen molar-refractivity contribution in [2.24, 2.45) is 12.8 Å². The molecule has 1 heterocycles. The molecule has 0 amide bonds. The van der Waals surface area contributed by atoms with Crippen LogP contribution >= 0.6 is 15.9 Å². The zero-order valence-electron chi connectivity index (χ0n) is 11.3. The lowest BCUT2D eigenvalue weighted by molar-refractivity contribution is 0.241. The molecule has 0 bridgehead atoms. The summed E-state index contributed by atoms with van der Waals surface area (Å²) in [5.74, 6) is 0. The van der Waals surface area contributed by atoms with E-state index in [2.05, 4.69) is 51.2 Å². The second-order valence-electron chi connectivity index (χ2n) is 4.71. The average molecular weight is 323 g/mol. The lowest BCUT2D eigenvalue weighted by Gasteiger charge is -2.26. The molecule has 4 nitrogen and oxygen atoms in total. The molecule has 2 rings (SSSR count). The summed E-state index contributed by atoms with van der Waals surface area (Å²) < 4.78 is 2.94. The molecule has 1 aromatic heterocycles. The van der Waals surface area contributed by atoms with Crippen LogP contribution in [-0.2, 0) is 13.6 Å². The molecule has 19 heavy (non-hydrogen) atoms. The van der Waals surface area contributed by atoms with Crippen molar-refractivity contribution in [2.45, 2.75) is 12.6 Å². The van der Waals surface area contributed by atoms with Gasteiger partial charge in [0.25, 0.3) is 0 Å². The summed E-state index contributed by atoms with van der Waals surface area (Å²) in [5, 5.41) is 4.22. The van der Waals surface area contributed by atoms with Gasteiger partial charge in [-0.1, -0.05) is 34.1 Å². The second kappa shape index (κ2) is 6.32. The second-order valence-corrected chi connectivity index (χ2v) is 5.56. The molecule has 1 unspecified atom stereocenters. The number of aryl methyl sites for hydroxylation is 1. The van der Waals surface area contributed by atoms with Crippen molar-refractivity contribution in [3.63, 3.8) is 0 Å². The lowest BCUT2D eigenvalue weighted by atomic mass is 10.1. The zero-order chi connectivity index (χ0) is 13.8. The summed E-state index contributed by atoms with van der Waals surface area (Å²) in [6.07, 6.45) is 3.90. The largest absolute Gasteiger partial charge is 0.329 e. The molecule has 0 spiro atoms. The predicted octanol–water partition coefficient (Wildman–Crippen LogP) is 2.31. The fraction of sp³-hybridized carbons (Fsp3) is 0.357. The fourth-order valence-electron chi connectivity index (χ4n) is 2.19. The van der Waals surface area contributed by atoms with Gasteiger partial charge in [-0.2, -0.15) is 5.10 Å². The van der Waals surface area contributed by atoms with Crippen LogP contribution in [0.25, 0.3) is 0 Å². The third-order valence-corrected chi connectivity index (χ3v) is 4.02. The summed E-state index contributed by atoms with van der Waals surface area (Å²) in [6.45, 7) is 1.42. The smallest absolute Gasteiger partial charge is 0.0538 e. The van der Waals surface area contributed by atoms with E-state index in [9.17, 15) is 0 Å². The maximum Gasteiger partial charge on any atom is 0.0538 e. The third-order valence-electron chi connectivity index (χ3n) is 3.24. The molecular formula is C14H19BrN4. The van der Waals surface area contributed by atoms with E-state index in [1.165, 1.54) is 5.56 Å². The summed E-state index contributed by atoms with van der Waals surface area (Å²) in [5.41, 5.74) is 8.33. The highest BCUT2D eigenvalue weighted by Gasteiger charge is 2.17. The highest BCUT2D eigenvalue weighted by atomic mass is 79.9. The first kappa shape index (κ1) is 14.2. The van der Waals surface area contributed by atoms with Crippen LogP contribution in [0.1, 0.15) is 17.2 Å². The molecule has 2 N–H and O–H groups in total. The van der Waals surface area contributed by atoms with Crippen LogP contribution in [0.4, 0.5) is 0 Å². The standard InChI is InChI=1S/C14H19BrN4/c1-18(9-11-5-3-4-6-13(11)15)14(7-16)12-8-17-19(2)10-12/h3-6,8,10,14H,7,9,16H2,1-2H3. The molecule has 0 fully saturated rings. The number of benzene rings is 1. The van der Waals surface area contributed by atoms with Crippen LogP contribution in [0.15, 0.2) is 41.1 Å². The molecule has 5 heteroatoms. The quantitative estimate of drug-likeness (QED) is 0.918. The first-order valence-electron chi connectivity index (χ1n) is 6.24. The number of hydrogen-bond acceptors (Lipinski definition) is 3. The van der Waals surface area contributed by atoms with Crippen molar-refractivity contribution in [2.75, 3.05) is 13.6 Å². The van der Waals surface area contributed by atoms with E-state index in [4.69, 9.17) is 5.73 Å². The topological polar surface area (TPSA) is 47.1 Å². The minimum Gasteiger partial charge on any atom is -0.329 e. The molecule has 0 radical (unpaired) electrons. The third kappa shape index (κ3) is 3.43. The van der Waals surface area contributed by atoms with Crippen molar-refractivity contribution in [3.05, 3.63) is 52.3 Å². The van der Waals surface area contributed by atoms with Gasteiger partial charge in [0.15, 0.2) is 0 Å². The van der Waals surface area contributed by atoms with E-state index in [0.29, 0.717) is 6.54 Å². The van der Waals surface area contributed by atoms with Gasteiger partial charge in [0, 0.05) is 36.4 Å². The van der Waals surface area contributed by atoms with E-state index in [-0.39, 0.29) is 6.04 Å². The molecule has 2 aromatic rings. The predicted molar refractivity (Wildman–Crippen MR) is 80.6 cm³/mol. The number of aromatic nitrogens is 2. The Bertz CT molecular complexity index is 538. The molecule has 1 aromatic carbocycles. The van der Waals surface area contributed by atoms with E-state index in [1.807, 2.05) is 30.2 Å². The molecule has 0 aliphatic rings. The Morgan fingerprint density at radius 2 is 2.16 bits per heavy atom. The van der Waals surface area contributed by atoms with Crippen molar-refractivity contribution in [1.82, 2.24) is 14.7 Å². The number of likely N-dealkylation sites (N-methyl/N-ethyl adjacent to an activating group) is 1. The number of nitrogens with zero attached hydrogens (tertiary/aromatic N) is 3. The van der Waals surface area contributed by atoms with Gasteiger partial charge in [-0.15, -0.1) is 0 Å². The van der Waals surface area contributed by atoms with Gasteiger partial charge in [0.2, 0.25) is 0 Å². The van der Waals surface area contributed by atoms with Gasteiger partial charge in [-0.3, -0.25) is 9.58 Å². The molecule has 1 atom stereocenters. The summed E-state index contributed by atoms with van der Waals surface area (Å²) in [6, 6.07) is 8.44. The minimum atomic E-state index is 0.181. The van der Waals surface area contributed by atoms with Crippen molar-refractivity contribution in [3.8, 4) is 0 Å². The summed E-state index contributed by atoms with van der Waals surface area (Å²) >= 11 is 3.58. The van der Waals surface area contributed by atoms with Crippen LogP contribution < -0.4 is 5.73 Å². The van der Waals surface area contributed by atoms with Gasteiger partial charge in [-0.25, -0.2) is 0 Å². The Kier molecular flexibility index (Phi) is 4.74. The molecular weight excluding hydrogens is 304 g/mol. The van der Waals surface area contributed by atoms with E-state index in [1.54, 1.807) is 0 Å². The highest BCUT2D eigenvalue weighted by molar-refractivity contribution is 9.10. The van der Waals surface area contributed by atoms with Gasteiger partial charge in [-0.05, 0) is 18.7 Å². The Morgan fingerprint density at radius 3 is 2.74 bits per heavy atom. The maximum absolute atomic E-state index is 5.92. The van der Waals surface area contributed by atoms with Crippen molar-refractivity contribution < 1.29 is 0 Å². The van der Waals surface area contributed by atoms with Crippen LogP contribution in [0.2, 0.25) is 0 Å². The van der Waals surface area contributed by atoms with Crippen molar-refractivity contribution >= 4 is 15.9 Å². The summed E-state index contributed by atoms with van der Waals surface area (Å²) in [7, 11) is 4.01. The molecule has 0 aliphatic carbocycles. The first-order chi connectivity index (χ1) is 9.11. The molecule has 0 aliphatic heterocycles. The van der Waals surface area contributed by atoms with Gasteiger partial charge in [0.05, 0.1) is 12.2 Å². The molecule has 0 saturated carbocycles. The van der Waals surface area contributed by atoms with E-state index < -0.39 is 0 Å². The van der Waals surface area contributed by atoms with Gasteiger partial charge in [0.1, 0.15) is 0 Å². The van der Waals surface area contributed by atoms with Crippen LogP contribution in [-0.4, -0.2) is 28.3 Å². The number of hydrogen-bond donors (Lipinski definition) is 1. The zero-order valence-corrected chi connectivity index (χ0v) is 12.8. The van der Waals surface area contributed by atoms with Gasteiger partial charge < -0.3 is 5.73 Å². The average Bonchev–Trinajstić information content (AvgIpc) is 2.80. The highest BCUT2D eigenvalue weighted by Crippen LogP contribution is 2.23. The number of halogens is 1. The van der Waals surface area contributed by atoms with Crippen molar-refractivity contribution in [1.29, 1.82) is 0 Å². The fourth-order valence-corrected chi connectivity index (χ4v) is 2.60. The maximum atomic E-state index is 5.92. The van der Waals surface area contributed by atoms with E-state index in [0.717, 1.165) is 16.6 Å². The Labute approximate surface area is 122 Å². The normalized spacial score (nSPS) is 12.9. The Morgan fingerprint density at radius 1 is 1.42 bits per heavy atom. The first-order valence-corrected chi connectivity index (χ1v) is 7.03. The van der Waals surface area contributed by atoms with Crippen LogP contribution in [0.3, 0.4) is 0 Å². The molecule has 102 valence electrons. The SMILES string of the molecule is CN(Cc1ccccc1Br)C(CN)c1cnn(C)c1. The number of nitrogens with two attached hydrogens (primary N) is 1. The summed E-state index contributed by atoms with van der Waals surface area (Å²) in [4.78, 5) is 2.25. The van der Waals surface area contributed by atoms with Crippen LogP contribution in [0.5, 0.6) is 0 Å². The number of rotatable bonds is 5. The minimum absolute atomic E-state index is 0.181. The Hall–Kier alpha value is -1.17. The van der Waals surface area contributed by atoms with E-state index >= 15 is 0 Å².